The second-order valence-corrected chi connectivity index (χ2v) is 10.3. The minimum atomic E-state index is -0.470. The van der Waals surface area contributed by atoms with Crippen LogP contribution in [0.15, 0.2) is 96.0 Å². The van der Waals surface area contributed by atoms with Crippen LogP contribution in [-0.2, 0) is 0 Å². The van der Waals surface area contributed by atoms with Gasteiger partial charge in [-0.05, 0) is 49.2 Å². The maximum absolute atomic E-state index is 4.85. The zero-order valence-corrected chi connectivity index (χ0v) is 18.1. The van der Waals surface area contributed by atoms with Gasteiger partial charge in [-0.2, -0.15) is 0 Å². The van der Waals surface area contributed by atoms with Gasteiger partial charge in [0.25, 0.3) is 0 Å². The van der Waals surface area contributed by atoms with E-state index in [4.69, 9.17) is 4.99 Å². The van der Waals surface area contributed by atoms with E-state index >= 15 is 0 Å². The van der Waals surface area contributed by atoms with Gasteiger partial charge >= 0.3 is 0 Å². The number of rotatable bonds is 5. The SMILES string of the molecule is C(=Nc1ccccc1)C1CCCC1P1N(c2ccccc2)CCN1c1ccccc1. The van der Waals surface area contributed by atoms with Crippen LogP contribution in [0.4, 0.5) is 17.1 Å². The molecule has 0 spiro atoms. The fraction of sp³-hybridized carbons (Fsp3) is 0.269. The van der Waals surface area contributed by atoms with Gasteiger partial charge < -0.3 is 9.34 Å². The number of nitrogens with zero attached hydrogens (tertiary/aromatic N) is 3. The third kappa shape index (κ3) is 4.00. The molecule has 0 bridgehead atoms. The summed E-state index contributed by atoms with van der Waals surface area (Å²) in [6.45, 7) is 2.17. The summed E-state index contributed by atoms with van der Waals surface area (Å²) in [6.07, 6.45) is 6.06. The Bertz CT molecular complexity index is 914. The molecule has 0 amide bonds. The molecule has 4 heteroatoms. The highest BCUT2D eigenvalue weighted by Gasteiger charge is 2.43. The summed E-state index contributed by atoms with van der Waals surface area (Å²) in [4.78, 5) is 4.85. The lowest BCUT2D eigenvalue weighted by Gasteiger charge is -2.38. The minimum absolute atomic E-state index is 0.470. The summed E-state index contributed by atoms with van der Waals surface area (Å²) in [5.41, 5.74) is 4.40. The average Bonchev–Trinajstić information content (AvgIpc) is 3.46. The molecule has 2 aliphatic rings. The number of anilines is 2. The summed E-state index contributed by atoms with van der Waals surface area (Å²) < 4.78 is 5.36. The van der Waals surface area contributed by atoms with Crippen molar-refractivity contribution in [3.63, 3.8) is 0 Å². The van der Waals surface area contributed by atoms with Crippen LogP contribution in [0, 0.1) is 5.92 Å². The summed E-state index contributed by atoms with van der Waals surface area (Å²) in [5, 5.41) is 0. The van der Waals surface area contributed by atoms with Crippen LogP contribution in [0.3, 0.4) is 0 Å². The van der Waals surface area contributed by atoms with Crippen LogP contribution in [0.5, 0.6) is 0 Å². The predicted octanol–water partition coefficient (Wildman–Crippen LogP) is 6.90. The molecular formula is C26H28N3P. The van der Waals surface area contributed by atoms with Gasteiger partial charge in [-0.1, -0.05) is 61.0 Å². The van der Waals surface area contributed by atoms with Crippen LogP contribution in [-0.4, -0.2) is 25.0 Å². The quantitative estimate of drug-likeness (QED) is 0.335. The monoisotopic (exact) mass is 413 g/mol. The van der Waals surface area contributed by atoms with Gasteiger partial charge in [0.2, 0.25) is 0 Å². The molecule has 152 valence electrons. The Morgan fingerprint density at radius 2 is 1.23 bits per heavy atom. The Balaban J connectivity index is 1.47. The molecule has 5 rings (SSSR count). The highest BCUT2D eigenvalue weighted by molar-refractivity contribution is 7.62. The second kappa shape index (κ2) is 9.02. The largest absolute Gasteiger partial charge is 0.332 e. The van der Waals surface area contributed by atoms with E-state index < -0.39 is 8.22 Å². The third-order valence-electron chi connectivity index (χ3n) is 6.13. The number of hydrogen-bond acceptors (Lipinski definition) is 3. The van der Waals surface area contributed by atoms with Crippen molar-refractivity contribution >= 4 is 31.5 Å². The maximum atomic E-state index is 4.85. The van der Waals surface area contributed by atoms with Gasteiger partial charge in [0.1, 0.15) is 0 Å². The van der Waals surface area contributed by atoms with Crippen molar-refractivity contribution in [1.82, 2.24) is 0 Å². The van der Waals surface area contributed by atoms with Crippen molar-refractivity contribution in [1.29, 1.82) is 0 Å². The van der Waals surface area contributed by atoms with Crippen molar-refractivity contribution in [2.24, 2.45) is 10.9 Å². The Hall–Kier alpha value is -2.64. The lowest BCUT2D eigenvalue weighted by molar-refractivity contribution is 0.748. The van der Waals surface area contributed by atoms with Crippen molar-refractivity contribution in [2.75, 3.05) is 22.4 Å². The van der Waals surface area contributed by atoms with Gasteiger partial charge in [-0.15, -0.1) is 0 Å². The van der Waals surface area contributed by atoms with Crippen molar-refractivity contribution in [3.8, 4) is 0 Å². The molecule has 3 nitrogen and oxygen atoms in total. The topological polar surface area (TPSA) is 18.8 Å². The normalized spacial score (nSPS) is 22.3. The molecule has 1 heterocycles. The molecule has 30 heavy (non-hydrogen) atoms. The number of para-hydroxylation sites is 3. The minimum Gasteiger partial charge on any atom is -0.332 e. The predicted molar refractivity (Wildman–Crippen MR) is 130 cm³/mol. The van der Waals surface area contributed by atoms with Crippen molar-refractivity contribution < 1.29 is 0 Å². The molecule has 1 aliphatic heterocycles. The van der Waals surface area contributed by atoms with Crippen LogP contribution >= 0.6 is 8.22 Å². The van der Waals surface area contributed by atoms with E-state index in [1.165, 1.54) is 30.6 Å². The second-order valence-electron chi connectivity index (χ2n) is 8.01. The Morgan fingerprint density at radius 3 is 1.80 bits per heavy atom. The molecule has 2 unspecified atom stereocenters. The van der Waals surface area contributed by atoms with E-state index in [0.29, 0.717) is 11.6 Å². The molecule has 0 aromatic heterocycles. The standard InChI is InChI=1S/C26H28N3P/c1-4-12-23(13-5-1)27-21-22-11-10-18-26(22)30-28(24-14-6-2-7-15-24)19-20-29(30)25-16-8-3-9-17-25/h1-9,12-17,21-22,26H,10-11,18-20H2. The molecule has 1 aliphatic carbocycles. The number of aliphatic imine (C=N–C) groups is 1. The van der Waals surface area contributed by atoms with E-state index in [-0.39, 0.29) is 0 Å². The summed E-state index contributed by atoms with van der Waals surface area (Å²) in [6, 6.07) is 32.3. The van der Waals surface area contributed by atoms with E-state index in [1.54, 1.807) is 0 Å². The molecule has 3 aromatic carbocycles. The molecular weight excluding hydrogens is 385 g/mol. The van der Waals surface area contributed by atoms with Crippen LogP contribution in [0.25, 0.3) is 0 Å². The highest BCUT2D eigenvalue weighted by Crippen LogP contribution is 2.61. The van der Waals surface area contributed by atoms with Gasteiger partial charge in [-0.3, -0.25) is 4.99 Å². The van der Waals surface area contributed by atoms with E-state index in [2.05, 4.69) is 107 Å². The fourth-order valence-corrected chi connectivity index (χ4v) is 7.99. The third-order valence-corrected chi connectivity index (χ3v) is 9.21. The maximum Gasteiger partial charge on any atom is 0.0992 e. The van der Waals surface area contributed by atoms with E-state index in [9.17, 15) is 0 Å². The Labute approximate surface area is 180 Å². The average molecular weight is 414 g/mol. The first-order valence-corrected chi connectivity index (χ1v) is 12.3. The van der Waals surface area contributed by atoms with Crippen molar-refractivity contribution in [3.05, 3.63) is 91.0 Å². The number of benzene rings is 3. The fourth-order valence-electron chi connectivity index (χ4n) is 4.70. The Kier molecular flexibility index (Phi) is 5.81. The lowest BCUT2D eigenvalue weighted by atomic mass is 10.1. The first-order chi connectivity index (χ1) is 14.9. The van der Waals surface area contributed by atoms with Gasteiger partial charge in [0, 0.05) is 42.3 Å². The molecule has 2 atom stereocenters. The van der Waals surface area contributed by atoms with Gasteiger partial charge in [0.15, 0.2) is 0 Å². The Morgan fingerprint density at radius 1 is 0.700 bits per heavy atom. The zero-order chi connectivity index (χ0) is 20.2. The molecule has 2 fully saturated rings. The molecule has 0 radical (unpaired) electrons. The zero-order valence-electron chi connectivity index (χ0n) is 17.2. The van der Waals surface area contributed by atoms with E-state index in [1.807, 2.05) is 0 Å². The van der Waals surface area contributed by atoms with E-state index in [0.717, 1.165) is 18.8 Å². The molecule has 3 aromatic rings. The highest BCUT2D eigenvalue weighted by atomic mass is 31.1. The molecule has 0 N–H and O–H groups in total. The van der Waals surface area contributed by atoms with Crippen LogP contribution in [0.1, 0.15) is 19.3 Å². The van der Waals surface area contributed by atoms with Gasteiger partial charge in [-0.25, -0.2) is 0 Å². The lowest BCUT2D eigenvalue weighted by Crippen LogP contribution is -2.27. The molecule has 1 saturated carbocycles. The molecule has 1 saturated heterocycles. The summed E-state index contributed by atoms with van der Waals surface area (Å²) >= 11 is 0. The van der Waals surface area contributed by atoms with Crippen molar-refractivity contribution in [2.45, 2.75) is 24.9 Å². The van der Waals surface area contributed by atoms with Crippen LogP contribution in [0.2, 0.25) is 0 Å². The smallest absolute Gasteiger partial charge is 0.0992 e. The number of hydrogen-bond donors (Lipinski definition) is 0. The first kappa shape index (κ1) is 19.3. The van der Waals surface area contributed by atoms with Gasteiger partial charge in [0.05, 0.1) is 13.9 Å². The summed E-state index contributed by atoms with van der Waals surface area (Å²) in [5.74, 6) is 0.534. The first-order valence-electron chi connectivity index (χ1n) is 10.9. The summed E-state index contributed by atoms with van der Waals surface area (Å²) in [7, 11) is -0.470. The van der Waals surface area contributed by atoms with Crippen LogP contribution < -0.4 is 9.34 Å².